The summed E-state index contributed by atoms with van der Waals surface area (Å²) in [6, 6.07) is 7.78. The summed E-state index contributed by atoms with van der Waals surface area (Å²) in [6.07, 6.45) is 0. The predicted octanol–water partition coefficient (Wildman–Crippen LogP) is 1.60. The molecule has 1 rings (SSSR count). The van der Waals surface area contributed by atoms with Crippen molar-refractivity contribution in [2.45, 2.75) is 19.4 Å². The zero-order chi connectivity index (χ0) is 11.5. The normalized spacial score (nSPS) is 14.4. The largest absolute Gasteiger partial charge is 0.467 e. The zero-order valence-corrected chi connectivity index (χ0v) is 9.63. The molecule has 0 spiro atoms. The van der Waals surface area contributed by atoms with Crippen LogP contribution in [0.2, 0.25) is 0 Å². The summed E-state index contributed by atoms with van der Waals surface area (Å²) in [5.74, 6) is -0.278. The fraction of sp³-hybridized carbons (Fsp3) is 0.417. The van der Waals surface area contributed by atoms with E-state index >= 15 is 0 Å². The second-order valence-electron chi connectivity index (χ2n) is 3.68. The van der Waals surface area contributed by atoms with E-state index in [1.54, 1.807) is 7.05 Å². The van der Waals surface area contributed by atoms with Gasteiger partial charge in [-0.3, -0.25) is 0 Å². The number of hydrogen-bond donors (Lipinski definition) is 1. The van der Waals surface area contributed by atoms with Crippen molar-refractivity contribution in [3.8, 4) is 0 Å². The lowest BCUT2D eigenvalue weighted by Gasteiger charge is -2.28. The number of ether oxygens (including phenoxy) is 1. The summed E-state index contributed by atoms with van der Waals surface area (Å²) in [6.45, 7) is 3.80. The summed E-state index contributed by atoms with van der Waals surface area (Å²) in [5, 5.41) is 3.01. The molecular formula is C12H17NO2. The van der Waals surface area contributed by atoms with Crippen LogP contribution in [-0.4, -0.2) is 20.1 Å². The molecule has 1 N–H and O–H groups in total. The maximum atomic E-state index is 11.7. The molecule has 0 aliphatic carbocycles. The van der Waals surface area contributed by atoms with Crippen LogP contribution in [0, 0.1) is 6.92 Å². The molecule has 1 atom stereocenters. The van der Waals surface area contributed by atoms with E-state index in [2.05, 4.69) is 5.32 Å². The van der Waals surface area contributed by atoms with Gasteiger partial charge in [0.05, 0.1) is 7.11 Å². The molecule has 3 nitrogen and oxygen atoms in total. The van der Waals surface area contributed by atoms with E-state index in [1.807, 2.05) is 38.1 Å². The SMILES string of the molecule is CNC(C)(C(=O)OC)c1ccccc1C. The van der Waals surface area contributed by atoms with Crippen molar-refractivity contribution in [1.82, 2.24) is 5.32 Å². The number of benzene rings is 1. The van der Waals surface area contributed by atoms with E-state index in [-0.39, 0.29) is 5.97 Å². The summed E-state index contributed by atoms with van der Waals surface area (Å²) >= 11 is 0. The highest BCUT2D eigenvalue weighted by atomic mass is 16.5. The Kier molecular flexibility index (Phi) is 3.48. The average Bonchev–Trinajstić information content (AvgIpc) is 2.27. The van der Waals surface area contributed by atoms with Crippen molar-refractivity contribution in [3.05, 3.63) is 35.4 Å². The zero-order valence-electron chi connectivity index (χ0n) is 9.63. The molecule has 0 fully saturated rings. The molecule has 0 bridgehead atoms. The van der Waals surface area contributed by atoms with Gasteiger partial charge in [0.1, 0.15) is 5.54 Å². The molecule has 0 heterocycles. The molecule has 0 saturated heterocycles. The third-order valence-electron chi connectivity index (χ3n) is 2.78. The number of methoxy groups -OCH3 is 1. The van der Waals surface area contributed by atoms with Gasteiger partial charge in [0, 0.05) is 0 Å². The van der Waals surface area contributed by atoms with Crippen molar-refractivity contribution in [1.29, 1.82) is 0 Å². The lowest BCUT2D eigenvalue weighted by atomic mass is 9.89. The van der Waals surface area contributed by atoms with E-state index in [4.69, 9.17) is 4.74 Å². The molecule has 0 radical (unpaired) electrons. The number of rotatable bonds is 3. The number of likely N-dealkylation sites (N-methyl/N-ethyl adjacent to an activating group) is 1. The van der Waals surface area contributed by atoms with Crippen molar-refractivity contribution in [2.24, 2.45) is 0 Å². The Balaban J connectivity index is 3.23. The highest BCUT2D eigenvalue weighted by Crippen LogP contribution is 2.24. The molecule has 1 aromatic carbocycles. The van der Waals surface area contributed by atoms with Gasteiger partial charge in [0.25, 0.3) is 0 Å². The van der Waals surface area contributed by atoms with Crippen molar-refractivity contribution < 1.29 is 9.53 Å². The van der Waals surface area contributed by atoms with Gasteiger partial charge in [-0.2, -0.15) is 0 Å². The van der Waals surface area contributed by atoms with E-state index in [0.717, 1.165) is 11.1 Å². The van der Waals surface area contributed by atoms with Crippen LogP contribution in [0.4, 0.5) is 0 Å². The first-order valence-electron chi connectivity index (χ1n) is 4.89. The number of esters is 1. The van der Waals surface area contributed by atoms with Crippen LogP contribution in [0.1, 0.15) is 18.1 Å². The minimum absolute atomic E-state index is 0.278. The quantitative estimate of drug-likeness (QED) is 0.765. The highest BCUT2D eigenvalue weighted by Gasteiger charge is 2.35. The second-order valence-corrected chi connectivity index (χ2v) is 3.68. The summed E-state index contributed by atoms with van der Waals surface area (Å²) < 4.78 is 4.81. The minimum Gasteiger partial charge on any atom is -0.467 e. The Morgan fingerprint density at radius 1 is 1.40 bits per heavy atom. The first-order valence-corrected chi connectivity index (χ1v) is 4.89. The summed E-state index contributed by atoms with van der Waals surface area (Å²) in [5.41, 5.74) is 1.24. The second kappa shape index (κ2) is 4.45. The Morgan fingerprint density at radius 2 is 2.00 bits per heavy atom. The summed E-state index contributed by atoms with van der Waals surface area (Å²) in [7, 11) is 3.15. The molecule has 0 aromatic heterocycles. The maximum absolute atomic E-state index is 11.7. The topological polar surface area (TPSA) is 38.3 Å². The molecule has 1 unspecified atom stereocenters. The fourth-order valence-corrected chi connectivity index (χ4v) is 1.68. The molecule has 3 heteroatoms. The third kappa shape index (κ3) is 2.02. The van der Waals surface area contributed by atoms with Crippen LogP contribution in [0.25, 0.3) is 0 Å². The monoisotopic (exact) mass is 207 g/mol. The third-order valence-corrected chi connectivity index (χ3v) is 2.78. The first-order chi connectivity index (χ1) is 7.06. The van der Waals surface area contributed by atoms with Gasteiger partial charge in [-0.25, -0.2) is 4.79 Å². The molecule has 0 aliphatic rings. The van der Waals surface area contributed by atoms with Crippen LogP contribution in [0.15, 0.2) is 24.3 Å². The standard InChI is InChI=1S/C12H17NO2/c1-9-7-5-6-8-10(9)12(2,13-3)11(14)15-4/h5-8,13H,1-4H3. The minimum atomic E-state index is -0.778. The Hall–Kier alpha value is -1.35. The molecule has 0 saturated carbocycles. The Bertz CT molecular complexity index is 362. The van der Waals surface area contributed by atoms with Crippen LogP contribution >= 0.6 is 0 Å². The van der Waals surface area contributed by atoms with Gasteiger partial charge in [0.15, 0.2) is 0 Å². The van der Waals surface area contributed by atoms with Crippen LogP contribution < -0.4 is 5.32 Å². The van der Waals surface area contributed by atoms with Gasteiger partial charge in [-0.1, -0.05) is 24.3 Å². The number of hydrogen-bond acceptors (Lipinski definition) is 3. The predicted molar refractivity (Wildman–Crippen MR) is 59.6 cm³/mol. The number of aryl methyl sites for hydroxylation is 1. The number of carbonyl (C=O) groups is 1. The van der Waals surface area contributed by atoms with Gasteiger partial charge in [-0.05, 0) is 32.0 Å². The smallest absolute Gasteiger partial charge is 0.330 e. The maximum Gasteiger partial charge on any atom is 0.330 e. The highest BCUT2D eigenvalue weighted by molar-refractivity contribution is 5.82. The molecule has 82 valence electrons. The fourth-order valence-electron chi connectivity index (χ4n) is 1.68. The first kappa shape index (κ1) is 11.7. The van der Waals surface area contributed by atoms with Gasteiger partial charge < -0.3 is 10.1 Å². The molecule has 15 heavy (non-hydrogen) atoms. The van der Waals surface area contributed by atoms with Crippen LogP contribution in [-0.2, 0) is 15.1 Å². The van der Waals surface area contributed by atoms with Crippen LogP contribution in [0.3, 0.4) is 0 Å². The molecule has 0 amide bonds. The van der Waals surface area contributed by atoms with E-state index in [1.165, 1.54) is 7.11 Å². The average molecular weight is 207 g/mol. The molecule has 0 aliphatic heterocycles. The van der Waals surface area contributed by atoms with Gasteiger partial charge in [-0.15, -0.1) is 0 Å². The van der Waals surface area contributed by atoms with Gasteiger partial charge >= 0.3 is 5.97 Å². The number of nitrogens with one attached hydrogen (secondary N) is 1. The molecule has 1 aromatic rings. The lowest BCUT2D eigenvalue weighted by molar-refractivity contribution is -0.148. The van der Waals surface area contributed by atoms with Crippen molar-refractivity contribution in [2.75, 3.05) is 14.2 Å². The summed E-state index contributed by atoms with van der Waals surface area (Å²) in [4.78, 5) is 11.7. The lowest BCUT2D eigenvalue weighted by Crippen LogP contribution is -2.45. The number of carbonyl (C=O) groups excluding carboxylic acids is 1. The van der Waals surface area contributed by atoms with E-state index in [9.17, 15) is 4.79 Å². The van der Waals surface area contributed by atoms with E-state index < -0.39 is 5.54 Å². The van der Waals surface area contributed by atoms with E-state index in [0.29, 0.717) is 0 Å². The Morgan fingerprint density at radius 3 is 2.47 bits per heavy atom. The van der Waals surface area contributed by atoms with Crippen molar-refractivity contribution >= 4 is 5.97 Å². The van der Waals surface area contributed by atoms with Crippen LogP contribution in [0.5, 0.6) is 0 Å². The Labute approximate surface area is 90.4 Å². The van der Waals surface area contributed by atoms with Crippen molar-refractivity contribution in [3.63, 3.8) is 0 Å². The molecular weight excluding hydrogens is 190 g/mol. The van der Waals surface area contributed by atoms with Gasteiger partial charge in [0.2, 0.25) is 0 Å².